The normalized spacial score (nSPS) is 25.3. The summed E-state index contributed by atoms with van der Waals surface area (Å²) >= 11 is 5.98. The van der Waals surface area contributed by atoms with Gasteiger partial charge >= 0.3 is 0 Å². The zero-order valence-corrected chi connectivity index (χ0v) is 16.0. The molecule has 0 saturated carbocycles. The average Bonchev–Trinajstić information content (AvgIpc) is 3.31. The maximum Gasteiger partial charge on any atom is 0.220 e. The summed E-state index contributed by atoms with van der Waals surface area (Å²) in [5.74, 6) is 0.127. The van der Waals surface area contributed by atoms with E-state index in [1.165, 1.54) is 0 Å². The van der Waals surface area contributed by atoms with E-state index in [4.69, 9.17) is 16.3 Å². The molecule has 3 heterocycles. The molecule has 27 heavy (non-hydrogen) atoms. The summed E-state index contributed by atoms with van der Waals surface area (Å²) in [7, 11) is 0. The first-order valence-electron chi connectivity index (χ1n) is 9.55. The van der Waals surface area contributed by atoms with Crippen molar-refractivity contribution in [1.82, 2.24) is 20.0 Å². The molecule has 2 aliphatic rings. The van der Waals surface area contributed by atoms with Gasteiger partial charge in [0.2, 0.25) is 5.91 Å². The summed E-state index contributed by atoms with van der Waals surface area (Å²) in [6.07, 6.45) is 6.04. The zero-order valence-electron chi connectivity index (χ0n) is 15.3. The molecule has 2 aliphatic heterocycles. The fraction of sp³-hybridized carbons (Fsp3) is 0.500. The van der Waals surface area contributed by atoms with E-state index in [-0.39, 0.29) is 18.1 Å². The van der Waals surface area contributed by atoms with Gasteiger partial charge in [0.15, 0.2) is 0 Å². The van der Waals surface area contributed by atoms with E-state index in [1.54, 1.807) is 6.20 Å². The molecular weight excluding hydrogens is 364 g/mol. The maximum atomic E-state index is 12.2. The summed E-state index contributed by atoms with van der Waals surface area (Å²) in [6, 6.07) is 10.4. The highest BCUT2D eigenvalue weighted by atomic mass is 35.5. The van der Waals surface area contributed by atoms with Crippen LogP contribution in [-0.4, -0.2) is 52.4 Å². The van der Waals surface area contributed by atoms with Gasteiger partial charge in [-0.1, -0.05) is 23.7 Å². The number of halogens is 1. The van der Waals surface area contributed by atoms with Crippen molar-refractivity contribution >= 4 is 17.5 Å². The summed E-state index contributed by atoms with van der Waals surface area (Å²) in [4.78, 5) is 14.7. The van der Waals surface area contributed by atoms with Gasteiger partial charge in [-0.25, -0.2) is 0 Å². The number of fused-ring (bicyclic) bond motifs is 1. The quantitative estimate of drug-likeness (QED) is 0.826. The predicted octanol–water partition coefficient (Wildman–Crippen LogP) is 2.65. The number of hydrogen-bond donors (Lipinski definition) is 1. The van der Waals surface area contributed by atoms with Crippen molar-refractivity contribution in [3.63, 3.8) is 0 Å². The first-order chi connectivity index (χ1) is 13.2. The SMILES string of the molecule is O=C(CCCn1cccn1)N[C@@H]1C[C@H]2CO[C@@H](c3ccc(Cl)cc3)CN2C1. The van der Waals surface area contributed by atoms with Crippen molar-refractivity contribution in [3.05, 3.63) is 53.3 Å². The lowest BCUT2D eigenvalue weighted by atomic mass is 10.1. The Morgan fingerprint density at radius 1 is 1.30 bits per heavy atom. The van der Waals surface area contributed by atoms with Crippen molar-refractivity contribution in [2.75, 3.05) is 19.7 Å². The monoisotopic (exact) mass is 388 g/mol. The van der Waals surface area contributed by atoms with Gasteiger partial charge in [0.25, 0.3) is 0 Å². The number of morpholine rings is 1. The third kappa shape index (κ3) is 4.69. The van der Waals surface area contributed by atoms with E-state index >= 15 is 0 Å². The van der Waals surface area contributed by atoms with Crippen LogP contribution in [0.15, 0.2) is 42.7 Å². The minimum atomic E-state index is 0.0713. The fourth-order valence-electron chi connectivity index (χ4n) is 3.99. The minimum absolute atomic E-state index is 0.0713. The number of benzene rings is 1. The fourth-order valence-corrected chi connectivity index (χ4v) is 4.12. The van der Waals surface area contributed by atoms with E-state index in [0.29, 0.717) is 19.1 Å². The molecule has 3 atom stereocenters. The van der Waals surface area contributed by atoms with Crippen molar-refractivity contribution < 1.29 is 9.53 Å². The van der Waals surface area contributed by atoms with Gasteiger partial charge in [-0.2, -0.15) is 5.10 Å². The predicted molar refractivity (Wildman–Crippen MR) is 104 cm³/mol. The molecule has 0 spiro atoms. The summed E-state index contributed by atoms with van der Waals surface area (Å²) in [5.41, 5.74) is 1.16. The van der Waals surface area contributed by atoms with Gasteiger partial charge in [0, 0.05) is 55.6 Å². The Balaban J connectivity index is 1.23. The van der Waals surface area contributed by atoms with Gasteiger partial charge in [-0.3, -0.25) is 14.4 Å². The molecule has 7 heteroatoms. The molecule has 2 fully saturated rings. The highest BCUT2D eigenvalue weighted by Gasteiger charge is 2.38. The Labute approximate surface area is 164 Å². The van der Waals surface area contributed by atoms with Crippen LogP contribution in [0.25, 0.3) is 0 Å². The first kappa shape index (κ1) is 18.5. The molecule has 0 bridgehead atoms. The second-order valence-corrected chi connectivity index (χ2v) is 7.79. The third-order valence-electron chi connectivity index (χ3n) is 5.38. The number of nitrogens with zero attached hydrogens (tertiary/aromatic N) is 3. The molecule has 1 aromatic heterocycles. The smallest absolute Gasteiger partial charge is 0.220 e. The highest BCUT2D eigenvalue weighted by Crippen LogP contribution is 2.30. The lowest BCUT2D eigenvalue weighted by molar-refractivity contribution is -0.121. The molecule has 6 nitrogen and oxygen atoms in total. The van der Waals surface area contributed by atoms with E-state index in [0.717, 1.165) is 43.1 Å². The van der Waals surface area contributed by atoms with Crippen LogP contribution in [0.1, 0.15) is 30.9 Å². The molecule has 0 radical (unpaired) electrons. The molecule has 1 amide bonds. The number of ether oxygens (including phenoxy) is 1. The third-order valence-corrected chi connectivity index (χ3v) is 5.63. The highest BCUT2D eigenvalue weighted by molar-refractivity contribution is 6.30. The molecule has 4 rings (SSSR count). The summed E-state index contributed by atoms with van der Waals surface area (Å²) < 4.78 is 7.93. The van der Waals surface area contributed by atoms with Gasteiger partial charge in [0.1, 0.15) is 0 Å². The van der Waals surface area contributed by atoms with Crippen LogP contribution >= 0.6 is 11.6 Å². The van der Waals surface area contributed by atoms with Crippen LogP contribution in [0.3, 0.4) is 0 Å². The van der Waals surface area contributed by atoms with Crippen molar-refractivity contribution in [2.24, 2.45) is 0 Å². The average molecular weight is 389 g/mol. The Hall–Kier alpha value is -1.89. The number of hydrogen-bond acceptors (Lipinski definition) is 4. The van der Waals surface area contributed by atoms with Crippen molar-refractivity contribution in [2.45, 2.75) is 44.0 Å². The molecule has 144 valence electrons. The lowest BCUT2D eigenvalue weighted by Gasteiger charge is -2.35. The maximum absolute atomic E-state index is 12.2. The van der Waals surface area contributed by atoms with Gasteiger partial charge in [0.05, 0.1) is 12.7 Å². The van der Waals surface area contributed by atoms with Crippen LogP contribution < -0.4 is 5.32 Å². The van der Waals surface area contributed by atoms with Crippen LogP contribution in [0.5, 0.6) is 0 Å². The number of aromatic nitrogens is 2. The lowest BCUT2D eigenvalue weighted by Crippen LogP contribution is -2.43. The van der Waals surface area contributed by atoms with Crippen LogP contribution in [-0.2, 0) is 16.1 Å². The van der Waals surface area contributed by atoms with Crippen molar-refractivity contribution in [1.29, 1.82) is 0 Å². The molecule has 0 aliphatic carbocycles. The van der Waals surface area contributed by atoms with Crippen LogP contribution in [0.4, 0.5) is 0 Å². The van der Waals surface area contributed by atoms with E-state index in [2.05, 4.69) is 15.3 Å². The number of carbonyl (C=O) groups is 1. The number of amides is 1. The largest absolute Gasteiger partial charge is 0.371 e. The topological polar surface area (TPSA) is 59.4 Å². The summed E-state index contributed by atoms with van der Waals surface area (Å²) in [6.45, 7) is 3.23. The molecular formula is C20H25ClN4O2. The molecule has 0 unspecified atom stereocenters. The van der Waals surface area contributed by atoms with Gasteiger partial charge in [-0.05, 0) is 36.6 Å². The van der Waals surface area contributed by atoms with Crippen LogP contribution in [0.2, 0.25) is 5.02 Å². The first-order valence-corrected chi connectivity index (χ1v) is 9.93. The standard InChI is InChI=1S/C20H25ClN4O2/c21-16-6-4-15(5-7-16)19-13-24-12-17(11-18(24)14-27-19)23-20(26)3-1-9-25-10-2-8-22-25/h2,4-8,10,17-19H,1,3,9,11-14H2,(H,23,26)/t17-,18+,19-/m1/s1. The molecule has 1 aromatic carbocycles. The number of carbonyl (C=O) groups excluding carboxylic acids is 1. The summed E-state index contributed by atoms with van der Waals surface area (Å²) in [5, 5.41) is 8.09. The van der Waals surface area contributed by atoms with E-state index in [9.17, 15) is 4.79 Å². The molecule has 1 N–H and O–H groups in total. The molecule has 2 saturated heterocycles. The second kappa shape index (κ2) is 8.42. The Kier molecular flexibility index (Phi) is 5.76. The number of aryl methyl sites for hydroxylation is 1. The van der Waals surface area contributed by atoms with Crippen LogP contribution in [0, 0.1) is 0 Å². The Morgan fingerprint density at radius 2 is 2.15 bits per heavy atom. The van der Waals surface area contributed by atoms with Gasteiger partial charge in [-0.15, -0.1) is 0 Å². The molecule has 2 aromatic rings. The minimum Gasteiger partial charge on any atom is -0.371 e. The van der Waals surface area contributed by atoms with E-state index in [1.807, 2.05) is 41.2 Å². The second-order valence-electron chi connectivity index (χ2n) is 7.35. The number of rotatable bonds is 6. The Morgan fingerprint density at radius 3 is 2.93 bits per heavy atom. The zero-order chi connectivity index (χ0) is 18.6. The van der Waals surface area contributed by atoms with Crippen molar-refractivity contribution in [3.8, 4) is 0 Å². The number of nitrogens with one attached hydrogen (secondary N) is 1. The Bertz CT molecular complexity index is 750. The van der Waals surface area contributed by atoms with Gasteiger partial charge < -0.3 is 10.1 Å². The van der Waals surface area contributed by atoms with E-state index < -0.39 is 0 Å².